The number of aromatic nitrogens is 1. The monoisotopic (exact) mass is 182 g/mol. The van der Waals surface area contributed by atoms with Crippen molar-refractivity contribution in [2.45, 2.75) is 6.92 Å². The van der Waals surface area contributed by atoms with E-state index in [1.54, 1.807) is 13.0 Å². The van der Waals surface area contributed by atoms with Crippen molar-refractivity contribution in [3.63, 3.8) is 0 Å². The minimum absolute atomic E-state index is 0.452. The summed E-state index contributed by atoms with van der Waals surface area (Å²) in [5, 5.41) is 0. The van der Waals surface area contributed by atoms with Gasteiger partial charge in [-0.15, -0.1) is 0 Å². The Morgan fingerprint density at radius 1 is 1.75 bits per heavy atom. The van der Waals surface area contributed by atoms with Gasteiger partial charge < -0.3 is 0 Å². The van der Waals surface area contributed by atoms with Crippen molar-refractivity contribution in [2.75, 3.05) is 4.72 Å². The molecule has 6 heteroatoms. The predicted octanol–water partition coefficient (Wildman–Crippen LogP) is -0.268. The average molecular weight is 182 g/mol. The Balaban J connectivity index is 2.97. The highest BCUT2D eigenvalue weighted by Gasteiger charge is 2.00. The smallest absolute Gasteiger partial charge is 0.259 e. The molecule has 0 fully saturated rings. The minimum Gasteiger partial charge on any atom is -0.289 e. The highest BCUT2D eigenvalue weighted by atomic mass is 32.2. The van der Waals surface area contributed by atoms with Crippen LogP contribution in [0.5, 0.6) is 0 Å². The van der Waals surface area contributed by atoms with E-state index in [1.165, 1.54) is 6.20 Å². The maximum Gasteiger partial charge on any atom is 0.259 e. The Labute approximate surface area is 74.2 Å². The Morgan fingerprint density at radius 2 is 2.42 bits per heavy atom. The number of hydrogen-bond acceptors (Lipinski definition) is 2. The topological polar surface area (TPSA) is 62.2 Å². The van der Waals surface area contributed by atoms with Crippen LogP contribution in [-0.4, -0.2) is 21.6 Å². The molecule has 1 aromatic heterocycles. The molecule has 1 atom stereocenters. The van der Waals surface area contributed by atoms with Gasteiger partial charge in [-0.3, -0.25) is 14.3 Å². The van der Waals surface area contributed by atoms with Crippen LogP contribution >= 0.6 is 0 Å². The summed E-state index contributed by atoms with van der Waals surface area (Å²) in [6, 6.07) is 1.55. The molecule has 4 nitrogen and oxygen atoms in total. The van der Waals surface area contributed by atoms with Crippen LogP contribution in [0, 0.1) is 6.92 Å². The van der Waals surface area contributed by atoms with Crippen molar-refractivity contribution < 1.29 is 8.76 Å². The maximum atomic E-state index is 10.4. The second kappa shape index (κ2) is 3.69. The highest BCUT2D eigenvalue weighted by Crippen LogP contribution is 2.08. The van der Waals surface area contributed by atoms with Gasteiger partial charge in [0.25, 0.3) is 11.3 Å². The van der Waals surface area contributed by atoms with Gasteiger partial charge in [0.1, 0.15) is 7.85 Å². The number of hydrogen-bond donors (Lipinski definition) is 2. The van der Waals surface area contributed by atoms with Gasteiger partial charge in [-0.1, -0.05) is 5.46 Å². The van der Waals surface area contributed by atoms with Crippen LogP contribution in [0.25, 0.3) is 0 Å². The zero-order valence-corrected chi connectivity index (χ0v) is 7.26. The Hall–Kier alpha value is -0.875. The lowest BCUT2D eigenvalue weighted by Crippen LogP contribution is -2.10. The molecular weight excluding hydrogens is 175 g/mol. The molecule has 0 saturated carbocycles. The molecular formula is C6H7BN2O2S. The fourth-order valence-corrected chi connectivity index (χ4v) is 1.14. The van der Waals surface area contributed by atoms with Crippen molar-refractivity contribution in [2.24, 2.45) is 0 Å². The van der Waals surface area contributed by atoms with Gasteiger partial charge >= 0.3 is 0 Å². The number of nitrogens with one attached hydrogen (secondary N) is 1. The second-order valence-corrected chi connectivity index (χ2v) is 2.96. The number of rotatable bonds is 2. The number of pyridine rings is 1. The van der Waals surface area contributed by atoms with Crippen molar-refractivity contribution in [1.29, 1.82) is 0 Å². The molecule has 0 bridgehead atoms. The minimum atomic E-state index is -2.08. The summed E-state index contributed by atoms with van der Waals surface area (Å²) in [4.78, 5) is 3.90. The van der Waals surface area contributed by atoms with E-state index in [1.807, 2.05) is 0 Å². The summed E-state index contributed by atoms with van der Waals surface area (Å²) >= 11 is -2.08. The van der Waals surface area contributed by atoms with Gasteiger partial charge in [0.2, 0.25) is 0 Å². The molecule has 2 radical (unpaired) electrons. The zero-order valence-electron chi connectivity index (χ0n) is 6.44. The first kappa shape index (κ1) is 9.21. The van der Waals surface area contributed by atoms with E-state index in [4.69, 9.17) is 12.4 Å². The van der Waals surface area contributed by atoms with E-state index in [9.17, 15) is 4.21 Å². The number of aryl methyl sites for hydroxylation is 1. The standard InChI is InChI=1S/C6H7BN2O2S/c1-4-6(9-12(10)11)2-5(7)3-8-4/h2-3,9H,1H3,(H,10,11). The molecule has 0 saturated heterocycles. The van der Waals surface area contributed by atoms with Gasteiger partial charge in [0, 0.05) is 6.20 Å². The predicted molar refractivity (Wildman–Crippen MR) is 48.8 cm³/mol. The molecule has 0 aliphatic rings. The molecule has 62 valence electrons. The van der Waals surface area contributed by atoms with E-state index in [2.05, 4.69) is 9.71 Å². The molecule has 0 aliphatic carbocycles. The third-order valence-electron chi connectivity index (χ3n) is 1.31. The second-order valence-electron chi connectivity index (χ2n) is 2.25. The van der Waals surface area contributed by atoms with Crippen LogP contribution in [-0.2, 0) is 11.3 Å². The lowest BCUT2D eigenvalue weighted by Gasteiger charge is -2.04. The first-order valence-corrected chi connectivity index (χ1v) is 4.30. The van der Waals surface area contributed by atoms with Crippen molar-refractivity contribution in [3.05, 3.63) is 18.0 Å². The molecule has 1 unspecified atom stereocenters. The molecule has 0 aromatic carbocycles. The molecule has 0 spiro atoms. The van der Waals surface area contributed by atoms with Crippen LogP contribution in [0.2, 0.25) is 0 Å². The largest absolute Gasteiger partial charge is 0.289 e. The van der Waals surface area contributed by atoms with E-state index < -0.39 is 11.3 Å². The molecule has 0 amide bonds. The lowest BCUT2D eigenvalue weighted by atomic mass is 9.98. The SMILES string of the molecule is [B]c1cnc(C)c(NS(=O)O)c1. The van der Waals surface area contributed by atoms with Crippen LogP contribution in [0.4, 0.5) is 5.69 Å². The summed E-state index contributed by atoms with van der Waals surface area (Å²) < 4.78 is 21.2. The summed E-state index contributed by atoms with van der Waals surface area (Å²) in [5.74, 6) is 0. The van der Waals surface area contributed by atoms with E-state index in [0.717, 1.165) is 0 Å². The summed E-state index contributed by atoms with van der Waals surface area (Å²) in [6.45, 7) is 1.72. The number of anilines is 1. The van der Waals surface area contributed by atoms with E-state index in [0.29, 0.717) is 16.8 Å². The first-order chi connectivity index (χ1) is 5.59. The summed E-state index contributed by atoms with van der Waals surface area (Å²) in [5.41, 5.74) is 1.55. The van der Waals surface area contributed by atoms with Gasteiger partial charge in [0.15, 0.2) is 0 Å². The van der Waals surface area contributed by atoms with Gasteiger partial charge in [0.05, 0.1) is 11.4 Å². The molecule has 12 heavy (non-hydrogen) atoms. The van der Waals surface area contributed by atoms with E-state index >= 15 is 0 Å². The molecule has 0 aliphatic heterocycles. The van der Waals surface area contributed by atoms with Gasteiger partial charge in [-0.2, -0.15) is 0 Å². The Morgan fingerprint density at radius 3 is 3.00 bits per heavy atom. The van der Waals surface area contributed by atoms with E-state index in [-0.39, 0.29) is 0 Å². The molecule has 1 heterocycles. The Bertz CT molecular complexity index is 318. The zero-order chi connectivity index (χ0) is 9.14. The van der Waals surface area contributed by atoms with Gasteiger partial charge in [-0.25, -0.2) is 4.21 Å². The van der Waals surface area contributed by atoms with Crippen LogP contribution in [0.1, 0.15) is 5.69 Å². The third-order valence-corrected chi connectivity index (χ3v) is 1.70. The van der Waals surface area contributed by atoms with Crippen LogP contribution in [0.15, 0.2) is 12.3 Å². The lowest BCUT2D eigenvalue weighted by molar-refractivity contribution is 0.570. The summed E-state index contributed by atoms with van der Waals surface area (Å²) in [6.07, 6.45) is 1.49. The quantitative estimate of drug-likeness (QED) is 0.488. The molecule has 1 aromatic rings. The number of nitrogens with zero attached hydrogens (tertiary/aromatic N) is 1. The summed E-state index contributed by atoms with van der Waals surface area (Å²) in [7, 11) is 5.42. The maximum absolute atomic E-state index is 10.4. The van der Waals surface area contributed by atoms with Crippen LogP contribution in [0.3, 0.4) is 0 Å². The van der Waals surface area contributed by atoms with Gasteiger partial charge in [-0.05, 0) is 13.0 Å². The molecule has 2 N–H and O–H groups in total. The molecule has 1 rings (SSSR count). The van der Waals surface area contributed by atoms with Crippen molar-refractivity contribution >= 4 is 30.3 Å². The normalized spacial score (nSPS) is 12.5. The third kappa shape index (κ3) is 2.32. The van der Waals surface area contributed by atoms with Crippen LogP contribution < -0.4 is 10.2 Å². The average Bonchev–Trinajstić information content (AvgIpc) is 1.96. The fraction of sp³-hybridized carbons (Fsp3) is 0.167. The van der Waals surface area contributed by atoms with Crippen molar-refractivity contribution in [3.8, 4) is 0 Å². The fourth-order valence-electron chi connectivity index (χ4n) is 0.747. The Kier molecular flexibility index (Phi) is 2.83. The van der Waals surface area contributed by atoms with Crippen molar-refractivity contribution in [1.82, 2.24) is 4.98 Å². The first-order valence-electron chi connectivity index (χ1n) is 3.19. The highest BCUT2D eigenvalue weighted by molar-refractivity contribution is 7.80.